The molecule has 0 heterocycles. The molecule has 0 saturated heterocycles. The van der Waals surface area contributed by atoms with Crippen LogP contribution in [0.4, 0.5) is 10.5 Å². The van der Waals surface area contributed by atoms with Gasteiger partial charge in [0.25, 0.3) is 0 Å². The summed E-state index contributed by atoms with van der Waals surface area (Å²) in [5, 5.41) is 13.5. The van der Waals surface area contributed by atoms with Crippen LogP contribution in [0.5, 0.6) is 0 Å². The molecule has 1 unspecified atom stereocenters. The van der Waals surface area contributed by atoms with Crippen molar-refractivity contribution in [3.05, 3.63) is 25.6 Å². The topological polar surface area (TPSA) is 78.4 Å². The third kappa shape index (κ3) is 4.25. The van der Waals surface area contributed by atoms with Crippen LogP contribution in [0.1, 0.15) is 6.92 Å². The largest absolute Gasteiger partial charge is 0.480 e. The van der Waals surface area contributed by atoms with Gasteiger partial charge in [-0.3, -0.25) is 4.79 Å². The minimum absolute atomic E-state index is 0.522. The number of hydrogen-bond acceptors (Lipinski definition) is 2. The minimum Gasteiger partial charge on any atom is -0.480 e. The second-order valence-electron chi connectivity index (χ2n) is 3.40. The van der Waals surface area contributed by atoms with Crippen molar-refractivity contribution in [3.63, 3.8) is 0 Å². The Morgan fingerprint density at radius 2 is 1.72 bits per heavy atom. The summed E-state index contributed by atoms with van der Waals surface area (Å²) in [4.78, 5) is 22.2. The van der Waals surface area contributed by atoms with Crippen LogP contribution in [0.3, 0.4) is 0 Å². The zero-order chi connectivity index (χ0) is 13.9. The Labute approximate surface area is 129 Å². The molecule has 1 aromatic carbocycles. The van der Waals surface area contributed by atoms with E-state index in [1.165, 1.54) is 6.92 Å². The molecular formula is C10H9Br3N2O3. The number of benzene rings is 1. The molecule has 1 atom stereocenters. The van der Waals surface area contributed by atoms with E-state index in [0.29, 0.717) is 14.6 Å². The molecule has 5 nitrogen and oxygen atoms in total. The maximum absolute atomic E-state index is 11.6. The van der Waals surface area contributed by atoms with Gasteiger partial charge in [-0.2, -0.15) is 0 Å². The number of halogens is 3. The first-order valence-electron chi connectivity index (χ1n) is 4.76. The number of carbonyl (C=O) groups excluding carboxylic acids is 1. The van der Waals surface area contributed by atoms with Crippen molar-refractivity contribution >= 4 is 65.5 Å². The summed E-state index contributed by atoms with van der Waals surface area (Å²) in [6.07, 6.45) is 0. The molecule has 0 radical (unpaired) electrons. The molecule has 98 valence electrons. The first kappa shape index (κ1) is 15.5. The smallest absolute Gasteiger partial charge is 0.325 e. The van der Waals surface area contributed by atoms with Crippen LogP contribution in [0.15, 0.2) is 25.6 Å². The van der Waals surface area contributed by atoms with E-state index < -0.39 is 18.0 Å². The van der Waals surface area contributed by atoms with Crippen LogP contribution in [-0.2, 0) is 4.79 Å². The van der Waals surface area contributed by atoms with Gasteiger partial charge in [0.05, 0.1) is 5.69 Å². The lowest BCUT2D eigenvalue weighted by Gasteiger charge is -2.13. The SMILES string of the molecule is CC(NC(=O)Nc1c(Br)cc(Br)cc1Br)C(=O)O. The van der Waals surface area contributed by atoms with Crippen molar-refractivity contribution in [3.8, 4) is 0 Å². The maximum atomic E-state index is 11.6. The van der Waals surface area contributed by atoms with Crippen LogP contribution in [0.25, 0.3) is 0 Å². The van der Waals surface area contributed by atoms with Crippen molar-refractivity contribution in [2.45, 2.75) is 13.0 Å². The Hall–Kier alpha value is -0.600. The van der Waals surface area contributed by atoms with Crippen molar-refractivity contribution in [1.82, 2.24) is 5.32 Å². The van der Waals surface area contributed by atoms with Crippen LogP contribution >= 0.6 is 47.8 Å². The highest BCUT2D eigenvalue weighted by molar-refractivity contribution is 9.11. The summed E-state index contributed by atoms with van der Waals surface area (Å²) in [6.45, 7) is 1.38. The van der Waals surface area contributed by atoms with Gasteiger partial charge in [-0.1, -0.05) is 15.9 Å². The number of carboxylic acid groups (broad SMARTS) is 1. The number of carbonyl (C=O) groups is 2. The van der Waals surface area contributed by atoms with Crippen molar-refractivity contribution in [1.29, 1.82) is 0 Å². The van der Waals surface area contributed by atoms with Crippen molar-refractivity contribution in [2.24, 2.45) is 0 Å². The molecule has 0 fully saturated rings. The van der Waals surface area contributed by atoms with Crippen LogP contribution in [-0.4, -0.2) is 23.1 Å². The molecule has 0 spiro atoms. The van der Waals surface area contributed by atoms with E-state index in [1.54, 1.807) is 12.1 Å². The second kappa shape index (κ2) is 6.53. The standard InChI is InChI=1S/C10H9Br3N2O3/c1-4(9(16)17)14-10(18)15-8-6(12)2-5(11)3-7(8)13/h2-4H,1H3,(H,16,17)(H2,14,15,18). The van der Waals surface area contributed by atoms with E-state index in [-0.39, 0.29) is 0 Å². The fourth-order valence-electron chi connectivity index (χ4n) is 1.07. The Bertz CT molecular complexity index is 470. The number of hydrogen-bond donors (Lipinski definition) is 3. The molecule has 0 aliphatic heterocycles. The number of anilines is 1. The molecule has 0 aromatic heterocycles. The summed E-state index contributed by atoms with van der Waals surface area (Å²) >= 11 is 9.91. The quantitative estimate of drug-likeness (QED) is 0.667. The average molecular weight is 445 g/mol. The fourth-order valence-corrected chi connectivity index (χ4v) is 3.53. The number of amides is 2. The lowest BCUT2D eigenvalue weighted by Crippen LogP contribution is -2.40. The highest BCUT2D eigenvalue weighted by Crippen LogP contribution is 2.34. The highest BCUT2D eigenvalue weighted by Gasteiger charge is 2.16. The molecule has 1 rings (SSSR count). The van der Waals surface area contributed by atoms with Gasteiger partial charge >= 0.3 is 12.0 Å². The van der Waals surface area contributed by atoms with Crippen LogP contribution < -0.4 is 10.6 Å². The zero-order valence-electron chi connectivity index (χ0n) is 9.13. The molecule has 0 aliphatic rings. The van der Waals surface area contributed by atoms with E-state index in [4.69, 9.17) is 5.11 Å². The van der Waals surface area contributed by atoms with Crippen molar-refractivity contribution < 1.29 is 14.7 Å². The Balaban J connectivity index is 2.80. The van der Waals surface area contributed by atoms with Crippen molar-refractivity contribution in [2.75, 3.05) is 5.32 Å². The number of nitrogens with one attached hydrogen (secondary N) is 2. The Kier molecular flexibility index (Phi) is 5.61. The first-order chi connectivity index (χ1) is 8.31. The lowest BCUT2D eigenvalue weighted by atomic mass is 10.3. The Morgan fingerprint density at radius 1 is 1.22 bits per heavy atom. The molecule has 1 aromatic rings. The van der Waals surface area contributed by atoms with E-state index in [1.807, 2.05) is 0 Å². The third-order valence-electron chi connectivity index (χ3n) is 1.96. The van der Waals surface area contributed by atoms with Gasteiger partial charge in [0, 0.05) is 13.4 Å². The average Bonchev–Trinajstić information content (AvgIpc) is 2.23. The predicted octanol–water partition coefficient (Wildman–Crippen LogP) is 3.57. The molecular weight excluding hydrogens is 436 g/mol. The molecule has 0 bridgehead atoms. The number of urea groups is 1. The number of aliphatic carboxylic acids is 1. The van der Waals surface area contributed by atoms with Gasteiger partial charge in [0.2, 0.25) is 0 Å². The predicted molar refractivity (Wildman–Crippen MR) is 78.8 cm³/mol. The third-order valence-corrected chi connectivity index (χ3v) is 3.67. The first-order valence-corrected chi connectivity index (χ1v) is 7.14. The molecule has 18 heavy (non-hydrogen) atoms. The summed E-state index contributed by atoms with van der Waals surface area (Å²) in [5.74, 6) is -1.10. The van der Waals surface area contributed by atoms with Gasteiger partial charge in [-0.05, 0) is 50.9 Å². The highest BCUT2D eigenvalue weighted by atomic mass is 79.9. The fraction of sp³-hybridized carbons (Fsp3) is 0.200. The molecule has 0 saturated carbocycles. The number of rotatable bonds is 3. The van der Waals surface area contributed by atoms with E-state index in [9.17, 15) is 9.59 Å². The van der Waals surface area contributed by atoms with Gasteiger partial charge in [0.15, 0.2) is 0 Å². The summed E-state index contributed by atoms with van der Waals surface area (Å²) in [5.41, 5.74) is 0.522. The summed E-state index contributed by atoms with van der Waals surface area (Å²) < 4.78 is 2.18. The van der Waals surface area contributed by atoms with Gasteiger partial charge in [-0.25, -0.2) is 4.79 Å². The van der Waals surface area contributed by atoms with Crippen LogP contribution in [0, 0.1) is 0 Å². The molecule has 2 amide bonds. The van der Waals surface area contributed by atoms with E-state index >= 15 is 0 Å². The Morgan fingerprint density at radius 3 is 2.17 bits per heavy atom. The molecule has 8 heteroatoms. The molecule has 0 aliphatic carbocycles. The molecule has 3 N–H and O–H groups in total. The number of carboxylic acids is 1. The normalized spacial score (nSPS) is 11.8. The second-order valence-corrected chi connectivity index (χ2v) is 6.03. The lowest BCUT2D eigenvalue weighted by molar-refractivity contribution is -0.138. The monoisotopic (exact) mass is 442 g/mol. The van der Waals surface area contributed by atoms with Crippen LogP contribution in [0.2, 0.25) is 0 Å². The minimum atomic E-state index is -1.10. The zero-order valence-corrected chi connectivity index (χ0v) is 13.9. The van der Waals surface area contributed by atoms with E-state index in [2.05, 4.69) is 58.4 Å². The van der Waals surface area contributed by atoms with E-state index in [0.717, 1.165) is 4.47 Å². The summed E-state index contributed by atoms with van der Waals surface area (Å²) in [7, 11) is 0. The summed E-state index contributed by atoms with van der Waals surface area (Å²) in [6, 6.07) is 1.98. The van der Waals surface area contributed by atoms with Gasteiger partial charge in [0.1, 0.15) is 6.04 Å². The van der Waals surface area contributed by atoms with Gasteiger partial charge in [-0.15, -0.1) is 0 Å². The van der Waals surface area contributed by atoms with Gasteiger partial charge < -0.3 is 15.7 Å². The maximum Gasteiger partial charge on any atom is 0.325 e.